The Morgan fingerprint density at radius 3 is 2.33 bits per heavy atom. The van der Waals surface area contributed by atoms with Crippen LogP contribution in [-0.2, 0) is 30.5 Å². The van der Waals surface area contributed by atoms with Crippen molar-refractivity contribution in [3.63, 3.8) is 0 Å². The molecule has 196 valence electrons. The highest BCUT2D eigenvalue weighted by Gasteiger charge is 2.45. The molecule has 1 fully saturated rings. The number of sulfonamides is 1. The second kappa shape index (κ2) is 9.28. The Morgan fingerprint density at radius 1 is 1.06 bits per heavy atom. The lowest BCUT2D eigenvalue weighted by Crippen LogP contribution is -2.64. The van der Waals surface area contributed by atoms with Crippen molar-refractivity contribution in [2.75, 3.05) is 53.9 Å². The summed E-state index contributed by atoms with van der Waals surface area (Å²) in [6, 6.07) is 4.90. The van der Waals surface area contributed by atoms with Crippen LogP contribution >= 0.6 is 0 Å². The van der Waals surface area contributed by atoms with Crippen LogP contribution in [0.3, 0.4) is 0 Å². The van der Waals surface area contributed by atoms with Crippen LogP contribution in [0.2, 0.25) is 0 Å². The van der Waals surface area contributed by atoms with Gasteiger partial charge in [0.15, 0.2) is 5.52 Å². The van der Waals surface area contributed by atoms with Crippen molar-refractivity contribution in [1.82, 2.24) is 19.3 Å². The first-order valence-electron chi connectivity index (χ1n) is 12.5. The van der Waals surface area contributed by atoms with Crippen molar-refractivity contribution in [2.24, 2.45) is 14.1 Å². The Morgan fingerprint density at radius 2 is 1.72 bits per heavy atom. The fraction of sp³-hybridized carbons (Fsp3) is 0.560. The molecule has 0 spiro atoms. The highest BCUT2D eigenvalue weighted by atomic mass is 32.2. The van der Waals surface area contributed by atoms with E-state index < -0.39 is 10.0 Å². The quantitative estimate of drug-likeness (QED) is 0.444. The molecule has 0 saturated carbocycles. The molecular weight excluding hydrogens is 480 g/mol. The average molecular weight is 519 g/mol. The van der Waals surface area contributed by atoms with Crippen LogP contribution in [0.25, 0.3) is 22.4 Å². The van der Waals surface area contributed by atoms with Crippen LogP contribution < -0.4 is 10.3 Å². The molecule has 4 rings (SSSR count). The Kier molecular flexibility index (Phi) is 6.78. The molecule has 1 aliphatic rings. The molecular formula is C25H38N6O4S+2. The summed E-state index contributed by atoms with van der Waals surface area (Å²) in [6.07, 6.45) is 1.58. The molecule has 0 N–H and O–H groups in total. The van der Waals surface area contributed by atoms with Crippen LogP contribution in [0.5, 0.6) is 5.75 Å². The number of rotatable bonds is 7. The van der Waals surface area contributed by atoms with Gasteiger partial charge < -0.3 is 9.22 Å². The van der Waals surface area contributed by atoms with Crippen LogP contribution in [0.4, 0.5) is 0 Å². The number of hydrogen-bond acceptors (Lipinski definition) is 6. The number of benzene rings is 1. The molecule has 11 heteroatoms. The summed E-state index contributed by atoms with van der Waals surface area (Å²) >= 11 is 0. The minimum atomic E-state index is -3.67. The van der Waals surface area contributed by atoms with E-state index in [1.165, 1.54) is 4.57 Å². The third kappa shape index (κ3) is 4.33. The van der Waals surface area contributed by atoms with Gasteiger partial charge in [-0.3, -0.25) is 14.0 Å². The summed E-state index contributed by atoms with van der Waals surface area (Å²) in [5.74, 6) is 0.809. The second-order valence-corrected chi connectivity index (χ2v) is 12.8. The molecule has 36 heavy (non-hydrogen) atoms. The van der Waals surface area contributed by atoms with E-state index in [1.807, 2.05) is 6.92 Å². The first-order valence-corrected chi connectivity index (χ1v) is 13.9. The number of ether oxygens (including phenoxy) is 1. The average Bonchev–Trinajstić information content (AvgIpc) is 3.13. The third-order valence-electron chi connectivity index (χ3n) is 7.35. The lowest BCUT2D eigenvalue weighted by Gasteiger charge is -2.42. The monoisotopic (exact) mass is 518 g/mol. The molecule has 0 atom stereocenters. The molecule has 1 saturated heterocycles. The van der Waals surface area contributed by atoms with Crippen LogP contribution in [-0.4, -0.2) is 90.0 Å². The smallest absolute Gasteiger partial charge is 0.327 e. The van der Waals surface area contributed by atoms with E-state index >= 15 is 0 Å². The molecule has 2 aromatic heterocycles. The number of likely N-dealkylation sites (N-methyl/N-ethyl adjacent to an activating group) is 2. The summed E-state index contributed by atoms with van der Waals surface area (Å²) < 4.78 is 37.3. The standard InChI is InChI=1S/C25H38N6O4S/c1-8-10-20-22-23(29(4)27-20)25(32)28(3)24(26-22)19-12-11-18(17-21(19)35-9-2)36(33,34)31(7)15-13-30(5,6)14-16-31/h11-12,17H,8-10,13-16H2,1-7H3/q+2. The fourth-order valence-electron chi connectivity index (χ4n) is 4.81. The number of aromatic nitrogens is 4. The van der Waals surface area contributed by atoms with E-state index in [9.17, 15) is 13.2 Å². The normalized spacial score (nSPS) is 17.4. The van der Waals surface area contributed by atoms with Gasteiger partial charge in [-0.1, -0.05) is 13.3 Å². The van der Waals surface area contributed by atoms with E-state index in [2.05, 4.69) is 26.1 Å². The largest absolute Gasteiger partial charge is 0.493 e. The Labute approximate surface area is 213 Å². The molecule has 3 aromatic rings. The maximum absolute atomic E-state index is 13.8. The van der Waals surface area contributed by atoms with Crippen LogP contribution in [0.1, 0.15) is 26.0 Å². The molecule has 1 aromatic carbocycles. The number of fused-ring (bicyclic) bond motifs is 1. The molecule has 1 aliphatic heterocycles. The summed E-state index contributed by atoms with van der Waals surface area (Å²) in [5, 5.41) is 4.52. The number of aryl methyl sites for hydroxylation is 2. The van der Waals surface area contributed by atoms with E-state index in [0.29, 0.717) is 54.3 Å². The predicted molar refractivity (Wildman–Crippen MR) is 139 cm³/mol. The van der Waals surface area contributed by atoms with Crippen molar-refractivity contribution in [2.45, 2.75) is 31.6 Å². The van der Waals surface area contributed by atoms with Gasteiger partial charge in [0.2, 0.25) is 0 Å². The van der Waals surface area contributed by atoms with Gasteiger partial charge in [-0.15, -0.1) is 0 Å². The minimum Gasteiger partial charge on any atom is -0.493 e. The van der Waals surface area contributed by atoms with Crippen molar-refractivity contribution in [3.8, 4) is 17.1 Å². The van der Waals surface area contributed by atoms with E-state index in [0.717, 1.165) is 29.7 Å². The minimum absolute atomic E-state index is 0.0433. The first kappa shape index (κ1) is 26.3. The van der Waals surface area contributed by atoms with Crippen molar-refractivity contribution in [3.05, 3.63) is 34.2 Å². The lowest BCUT2D eigenvalue weighted by atomic mass is 10.1. The molecule has 0 aliphatic carbocycles. The van der Waals surface area contributed by atoms with Gasteiger partial charge >= 0.3 is 10.0 Å². The molecule has 0 radical (unpaired) electrons. The van der Waals surface area contributed by atoms with Gasteiger partial charge in [-0.2, -0.15) is 13.5 Å². The Balaban J connectivity index is 1.85. The number of nitrogens with zero attached hydrogens (tertiary/aromatic N) is 6. The second-order valence-electron chi connectivity index (χ2n) is 10.5. The summed E-state index contributed by atoms with van der Waals surface area (Å²) in [4.78, 5) is 18.3. The molecule has 0 amide bonds. The Bertz CT molecular complexity index is 1460. The molecule has 0 bridgehead atoms. The summed E-state index contributed by atoms with van der Waals surface area (Å²) in [6.45, 7) is 6.88. The van der Waals surface area contributed by atoms with Gasteiger partial charge in [0.05, 0.1) is 39.0 Å². The van der Waals surface area contributed by atoms with E-state index in [1.54, 1.807) is 44.0 Å². The van der Waals surface area contributed by atoms with Crippen LogP contribution in [0, 0.1) is 0 Å². The predicted octanol–water partition coefficient (Wildman–Crippen LogP) is 1.91. The van der Waals surface area contributed by atoms with Gasteiger partial charge in [0.25, 0.3) is 5.56 Å². The maximum atomic E-state index is 13.8. The lowest BCUT2D eigenvalue weighted by molar-refractivity contribution is -0.960. The van der Waals surface area contributed by atoms with Gasteiger partial charge in [0, 0.05) is 20.2 Å². The van der Waals surface area contributed by atoms with Crippen molar-refractivity contribution >= 4 is 21.1 Å². The fourth-order valence-corrected chi connectivity index (χ4v) is 6.46. The summed E-state index contributed by atoms with van der Waals surface area (Å²) in [7, 11) is 5.79. The van der Waals surface area contributed by atoms with Gasteiger partial charge in [-0.05, 0) is 25.5 Å². The maximum Gasteiger partial charge on any atom is 0.327 e. The van der Waals surface area contributed by atoms with Crippen molar-refractivity contribution < 1.29 is 21.5 Å². The highest BCUT2D eigenvalue weighted by molar-refractivity contribution is 7.86. The number of quaternary nitrogens is 2. The zero-order valence-electron chi connectivity index (χ0n) is 22.4. The topological polar surface area (TPSA) is 96.1 Å². The zero-order chi connectivity index (χ0) is 26.5. The summed E-state index contributed by atoms with van der Waals surface area (Å²) in [5.41, 5.74) is 2.16. The number of piperazine rings is 1. The van der Waals surface area contributed by atoms with E-state index in [-0.39, 0.29) is 14.3 Å². The molecule has 10 nitrogen and oxygen atoms in total. The van der Waals surface area contributed by atoms with Crippen LogP contribution in [0.15, 0.2) is 27.9 Å². The highest BCUT2D eigenvalue weighted by Crippen LogP contribution is 2.34. The molecule has 0 unspecified atom stereocenters. The Hall–Kier alpha value is -2.76. The molecule has 3 heterocycles. The van der Waals surface area contributed by atoms with E-state index in [4.69, 9.17) is 9.72 Å². The van der Waals surface area contributed by atoms with Crippen molar-refractivity contribution in [1.29, 1.82) is 0 Å². The van der Waals surface area contributed by atoms with Gasteiger partial charge in [0.1, 0.15) is 48.2 Å². The third-order valence-corrected chi connectivity index (χ3v) is 9.73. The first-order chi connectivity index (χ1) is 16.8. The SMILES string of the molecule is CCCc1nn(C)c2c(=O)n(C)c(-c3ccc(S(=O)(=O)[N+]4(C)CC[N+](C)(C)CC4)cc3OCC)nc12. The number of hydrogen-bond donors (Lipinski definition) is 0. The zero-order valence-corrected chi connectivity index (χ0v) is 23.2. The van der Waals surface area contributed by atoms with Gasteiger partial charge in [-0.25, -0.2) is 8.87 Å².